The molecule has 2 N–H and O–H groups in total. The third kappa shape index (κ3) is 1.88. The van der Waals surface area contributed by atoms with Crippen LogP contribution in [0.1, 0.15) is 11.5 Å². The van der Waals surface area contributed by atoms with Gasteiger partial charge < -0.3 is 10.2 Å². The lowest BCUT2D eigenvalue weighted by Gasteiger charge is -2.20. The number of benzene rings is 1. The highest BCUT2D eigenvalue weighted by atomic mass is 16.7. The molecule has 1 amide bonds. The molecule has 2 rings (SSSR count). The van der Waals surface area contributed by atoms with Crippen molar-refractivity contribution in [2.75, 3.05) is 20.8 Å². The lowest BCUT2D eigenvalue weighted by molar-refractivity contribution is -0.181. The van der Waals surface area contributed by atoms with Crippen molar-refractivity contribution in [3.05, 3.63) is 35.9 Å². The van der Waals surface area contributed by atoms with Gasteiger partial charge >= 0.3 is 5.97 Å². The zero-order valence-corrected chi connectivity index (χ0v) is 11.3. The normalized spacial score (nSPS) is 27.9. The topological polar surface area (TPSA) is 87.1 Å². The van der Waals surface area contributed by atoms with Gasteiger partial charge in [0.05, 0.1) is 7.11 Å². The molecule has 0 aromatic heterocycles. The van der Waals surface area contributed by atoms with E-state index in [9.17, 15) is 19.8 Å². The molecule has 1 saturated carbocycles. The first-order valence-corrected chi connectivity index (χ1v) is 6.23. The summed E-state index contributed by atoms with van der Waals surface area (Å²) in [7, 11) is 2.66. The fourth-order valence-electron chi connectivity index (χ4n) is 2.88. The smallest absolute Gasteiger partial charge is 0.320 e. The molecule has 0 spiro atoms. The molecule has 6 heteroatoms. The van der Waals surface area contributed by atoms with Gasteiger partial charge in [0, 0.05) is 25.5 Å². The Bertz CT molecular complexity index is 518. The molecule has 0 aliphatic heterocycles. The summed E-state index contributed by atoms with van der Waals surface area (Å²) in [6.45, 7) is -0.366. The molecule has 20 heavy (non-hydrogen) atoms. The molecule has 1 aliphatic carbocycles. The minimum atomic E-state index is -1.65. The highest BCUT2D eigenvalue weighted by Crippen LogP contribution is 2.65. The molecule has 0 bridgehead atoms. The van der Waals surface area contributed by atoms with Gasteiger partial charge in [0.2, 0.25) is 0 Å². The number of aliphatic hydroxyl groups excluding tert-OH is 1. The van der Waals surface area contributed by atoms with Gasteiger partial charge in [0.25, 0.3) is 5.91 Å². The van der Waals surface area contributed by atoms with E-state index in [0.29, 0.717) is 0 Å². The average Bonchev–Trinajstić information content (AvgIpc) is 3.16. The van der Waals surface area contributed by atoms with Crippen LogP contribution < -0.4 is 0 Å². The quantitative estimate of drug-likeness (QED) is 0.605. The van der Waals surface area contributed by atoms with Crippen LogP contribution in [0, 0.1) is 11.3 Å². The number of carboxylic acids is 1. The number of nitrogens with zero attached hydrogens (tertiary/aromatic N) is 1. The molecule has 0 heterocycles. The van der Waals surface area contributed by atoms with Crippen LogP contribution in [0.5, 0.6) is 0 Å². The van der Waals surface area contributed by atoms with E-state index in [2.05, 4.69) is 0 Å². The summed E-state index contributed by atoms with van der Waals surface area (Å²) in [5, 5.41) is 19.9. The molecule has 1 aromatic rings. The Morgan fingerprint density at radius 2 is 1.95 bits per heavy atom. The van der Waals surface area contributed by atoms with Crippen molar-refractivity contribution >= 4 is 11.9 Å². The van der Waals surface area contributed by atoms with Crippen molar-refractivity contribution < 1.29 is 24.6 Å². The van der Waals surface area contributed by atoms with Crippen molar-refractivity contribution in [3.8, 4) is 0 Å². The summed E-state index contributed by atoms with van der Waals surface area (Å²) in [5.74, 6) is -3.08. The predicted molar refractivity (Wildman–Crippen MR) is 69.6 cm³/mol. The van der Waals surface area contributed by atoms with Crippen molar-refractivity contribution in [1.82, 2.24) is 5.06 Å². The van der Waals surface area contributed by atoms with Crippen molar-refractivity contribution in [1.29, 1.82) is 0 Å². The summed E-state index contributed by atoms with van der Waals surface area (Å²) in [6.07, 6.45) is 0. The van der Waals surface area contributed by atoms with Crippen LogP contribution in [0.15, 0.2) is 30.3 Å². The molecule has 6 nitrogen and oxygen atoms in total. The predicted octanol–water partition coefficient (Wildman–Crippen LogP) is 0.483. The minimum absolute atomic E-state index is 0.366. The van der Waals surface area contributed by atoms with Crippen molar-refractivity contribution in [2.24, 2.45) is 11.3 Å². The third-order valence-electron chi connectivity index (χ3n) is 3.99. The molecule has 3 atom stereocenters. The van der Waals surface area contributed by atoms with Crippen LogP contribution in [0.3, 0.4) is 0 Å². The van der Waals surface area contributed by atoms with E-state index in [1.165, 1.54) is 14.2 Å². The van der Waals surface area contributed by atoms with E-state index < -0.39 is 29.1 Å². The van der Waals surface area contributed by atoms with Gasteiger partial charge in [-0.15, -0.1) is 0 Å². The van der Waals surface area contributed by atoms with E-state index in [0.717, 1.165) is 10.6 Å². The van der Waals surface area contributed by atoms with E-state index >= 15 is 0 Å². The number of hydroxylamine groups is 2. The Balaban J connectivity index is 2.43. The van der Waals surface area contributed by atoms with Crippen LogP contribution in [-0.4, -0.2) is 47.9 Å². The first kappa shape index (κ1) is 14.5. The summed E-state index contributed by atoms with van der Waals surface area (Å²) in [5.41, 5.74) is -0.923. The van der Waals surface area contributed by atoms with Crippen LogP contribution in [0.2, 0.25) is 0 Å². The third-order valence-corrected chi connectivity index (χ3v) is 3.99. The minimum Gasteiger partial charge on any atom is -0.480 e. The van der Waals surface area contributed by atoms with Gasteiger partial charge in [-0.25, -0.2) is 5.06 Å². The van der Waals surface area contributed by atoms with Crippen LogP contribution in [0.25, 0.3) is 0 Å². The molecule has 1 fully saturated rings. The molecule has 108 valence electrons. The van der Waals surface area contributed by atoms with Gasteiger partial charge in [0.15, 0.2) is 5.41 Å². The van der Waals surface area contributed by atoms with Crippen LogP contribution in [0.4, 0.5) is 0 Å². The summed E-state index contributed by atoms with van der Waals surface area (Å²) in [6, 6.07) is 8.89. The Kier molecular flexibility index (Phi) is 3.78. The average molecular weight is 279 g/mol. The monoisotopic (exact) mass is 279 g/mol. The second-order valence-electron chi connectivity index (χ2n) is 4.84. The van der Waals surface area contributed by atoms with Gasteiger partial charge in [-0.3, -0.25) is 14.4 Å². The molecule has 2 unspecified atom stereocenters. The summed E-state index contributed by atoms with van der Waals surface area (Å²) < 4.78 is 0. The highest BCUT2D eigenvalue weighted by Gasteiger charge is 2.75. The standard InChI is InChI=1S/C14H17NO5/c1-15(20-2)12(17)14(13(18)19)10(8-16)11(14)9-6-4-3-5-7-9/h3-7,10-11,16H,8H2,1-2H3,(H,18,19)/t10?,11-,14?/m0/s1. The Labute approximate surface area is 116 Å². The van der Waals surface area contributed by atoms with Gasteiger partial charge in [0.1, 0.15) is 0 Å². The first-order valence-electron chi connectivity index (χ1n) is 6.23. The number of rotatable bonds is 5. The Morgan fingerprint density at radius 3 is 2.40 bits per heavy atom. The molecular weight excluding hydrogens is 262 g/mol. The van der Waals surface area contributed by atoms with Gasteiger partial charge in [-0.1, -0.05) is 30.3 Å². The van der Waals surface area contributed by atoms with E-state index in [4.69, 9.17) is 4.84 Å². The van der Waals surface area contributed by atoms with E-state index in [1.54, 1.807) is 24.3 Å². The number of aliphatic hydroxyl groups is 1. The second-order valence-corrected chi connectivity index (χ2v) is 4.84. The van der Waals surface area contributed by atoms with Gasteiger partial charge in [-0.05, 0) is 5.56 Å². The summed E-state index contributed by atoms with van der Waals surface area (Å²) in [4.78, 5) is 28.9. The lowest BCUT2D eigenvalue weighted by atomic mass is 9.97. The largest absolute Gasteiger partial charge is 0.480 e. The number of carbonyl (C=O) groups excluding carboxylic acids is 1. The zero-order chi connectivity index (χ0) is 14.9. The lowest BCUT2D eigenvalue weighted by Crippen LogP contribution is -2.40. The second kappa shape index (κ2) is 5.22. The molecule has 0 saturated heterocycles. The van der Waals surface area contributed by atoms with E-state index in [1.807, 2.05) is 6.07 Å². The number of aliphatic carboxylic acids is 1. The van der Waals surface area contributed by atoms with Crippen molar-refractivity contribution in [2.45, 2.75) is 5.92 Å². The molecule has 0 radical (unpaired) electrons. The number of amides is 1. The Hall–Kier alpha value is -1.92. The maximum atomic E-state index is 12.4. The van der Waals surface area contributed by atoms with Crippen molar-refractivity contribution in [3.63, 3.8) is 0 Å². The summed E-state index contributed by atoms with van der Waals surface area (Å²) >= 11 is 0. The van der Waals surface area contributed by atoms with Gasteiger partial charge in [-0.2, -0.15) is 0 Å². The van der Waals surface area contributed by atoms with E-state index in [-0.39, 0.29) is 6.61 Å². The highest BCUT2D eigenvalue weighted by molar-refractivity contribution is 6.07. The first-order chi connectivity index (χ1) is 9.51. The molecular formula is C14H17NO5. The Morgan fingerprint density at radius 1 is 1.35 bits per heavy atom. The maximum Gasteiger partial charge on any atom is 0.320 e. The number of carbonyl (C=O) groups is 2. The fraction of sp³-hybridized carbons (Fsp3) is 0.429. The zero-order valence-electron chi connectivity index (χ0n) is 11.3. The maximum absolute atomic E-state index is 12.4. The van der Waals surface area contributed by atoms with Crippen LogP contribution in [-0.2, 0) is 14.4 Å². The molecule has 1 aromatic carbocycles. The number of hydrogen-bond acceptors (Lipinski definition) is 4. The van der Waals surface area contributed by atoms with Crippen LogP contribution >= 0.6 is 0 Å². The number of carboxylic acid groups (broad SMARTS) is 1. The fourth-order valence-corrected chi connectivity index (χ4v) is 2.88. The molecule has 1 aliphatic rings. The number of hydrogen-bond donors (Lipinski definition) is 2. The SMILES string of the molecule is CON(C)C(=O)C1(C(=O)O)C(CO)[C@@H]1c1ccccc1.